The van der Waals surface area contributed by atoms with Crippen LogP contribution in [0.15, 0.2) is 29.3 Å². The van der Waals surface area contributed by atoms with Gasteiger partial charge in [0.1, 0.15) is 0 Å². The molecule has 0 unspecified atom stereocenters. The minimum atomic E-state index is 0.185. The molecule has 2 fully saturated rings. The summed E-state index contributed by atoms with van der Waals surface area (Å²) in [6, 6.07) is 8.42. The number of rotatable bonds is 5. The van der Waals surface area contributed by atoms with Gasteiger partial charge in [-0.1, -0.05) is 25.5 Å². The molecule has 0 bridgehead atoms. The molecule has 0 spiro atoms. The molecule has 26 heavy (non-hydrogen) atoms. The van der Waals surface area contributed by atoms with Crippen molar-refractivity contribution in [2.24, 2.45) is 10.7 Å². The van der Waals surface area contributed by atoms with Crippen LogP contribution < -0.4 is 11.1 Å². The van der Waals surface area contributed by atoms with E-state index in [1.165, 1.54) is 50.8 Å². The molecule has 5 heteroatoms. The van der Waals surface area contributed by atoms with Crippen molar-refractivity contribution >= 4 is 11.6 Å². The lowest BCUT2D eigenvalue weighted by molar-refractivity contribution is 0.0209. The van der Waals surface area contributed by atoms with Gasteiger partial charge in [0.2, 0.25) is 0 Å². The summed E-state index contributed by atoms with van der Waals surface area (Å²) in [5.74, 6) is 0.536. The largest absolute Gasteiger partial charge is 0.370 e. The molecular formula is C21H35N5. The van der Waals surface area contributed by atoms with Crippen LogP contribution in [0.25, 0.3) is 0 Å². The van der Waals surface area contributed by atoms with Crippen LogP contribution in [0.2, 0.25) is 0 Å². The molecule has 0 aliphatic carbocycles. The molecule has 0 atom stereocenters. The number of anilines is 1. The Bertz CT molecular complexity index is 598. The Kier molecular flexibility index (Phi) is 6.54. The maximum absolute atomic E-state index is 6.24. The number of piperidine rings is 2. The van der Waals surface area contributed by atoms with Crippen LogP contribution in [0, 0.1) is 0 Å². The van der Waals surface area contributed by atoms with Gasteiger partial charge >= 0.3 is 0 Å². The zero-order valence-corrected chi connectivity index (χ0v) is 16.5. The molecular weight excluding hydrogens is 322 g/mol. The van der Waals surface area contributed by atoms with E-state index < -0.39 is 0 Å². The smallest absolute Gasteiger partial charge is 0.193 e. The Morgan fingerprint density at radius 3 is 2.58 bits per heavy atom. The summed E-state index contributed by atoms with van der Waals surface area (Å²) in [6.07, 6.45) is 7.40. The van der Waals surface area contributed by atoms with Crippen LogP contribution in [0.5, 0.6) is 0 Å². The minimum absolute atomic E-state index is 0.185. The van der Waals surface area contributed by atoms with Gasteiger partial charge in [0, 0.05) is 11.2 Å². The Morgan fingerprint density at radius 2 is 1.88 bits per heavy atom. The van der Waals surface area contributed by atoms with Gasteiger partial charge in [-0.2, -0.15) is 0 Å². The Balaban J connectivity index is 1.68. The number of aryl methyl sites for hydroxylation is 1. The quantitative estimate of drug-likeness (QED) is 0.628. The number of likely N-dealkylation sites (tertiary alicyclic amines) is 2. The summed E-state index contributed by atoms with van der Waals surface area (Å²) in [4.78, 5) is 9.93. The minimum Gasteiger partial charge on any atom is -0.370 e. The molecule has 2 aliphatic heterocycles. The van der Waals surface area contributed by atoms with Crippen molar-refractivity contribution in [1.82, 2.24) is 9.80 Å². The number of aliphatic imine (C=N–C) groups is 1. The predicted octanol–water partition coefficient (Wildman–Crippen LogP) is 2.93. The van der Waals surface area contributed by atoms with Crippen molar-refractivity contribution < 1.29 is 0 Å². The molecule has 0 radical (unpaired) electrons. The highest BCUT2D eigenvalue weighted by Crippen LogP contribution is 2.31. The van der Waals surface area contributed by atoms with E-state index in [-0.39, 0.29) is 5.54 Å². The summed E-state index contributed by atoms with van der Waals surface area (Å²) < 4.78 is 0. The van der Waals surface area contributed by atoms with Crippen molar-refractivity contribution in [3.63, 3.8) is 0 Å². The van der Waals surface area contributed by atoms with Crippen molar-refractivity contribution in [1.29, 1.82) is 0 Å². The van der Waals surface area contributed by atoms with Crippen molar-refractivity contribution in [3.8, 4) is 0 Å². The fourth-order valence-electron chi connectivity index (χ4n) is 4.27. The Labute approximate surface area is 158 Å². The van der Waals surface area contributed by atoms with Gasteiger partial charge in [-0.3, -0.25) is 9.89 Å². The number of nitrogens with zero attached hydrogens (tertiary/aromatic N) is 3. The molecule has 2 saturated heterocycles. The van der Waals surface area contributed by atoms with Gasteiger partial charge in [-0.15, -0.1) is 0 Å². The summed E-state index contributed by atoms with van der Waals surface area (Å²) in [5.41, 5.74) is 8.76. The van der Waals surface area contributed by atoms with Gasteiger partial charge in [0.25, 0.3) is 0 Å². The van der Waals surface area contributed by atoms with Crippen LogP contribution >= 0.6 is 0 Å². The number of guanidine groups is 1. The number of hydrogen-bond donors (Lipinski definition) is 2. The third-order valence-corrected chi connectivity index (χ3v) is 6.10. The molecule has 0 aromatic heterocycles. The Morgan fingerprint density at radius 1 is 1.15 bits per heavy atom. The highest BCUT2D eigenvalue weighted by atomic mass is 15.3. The lowest BCUT2D eigenvalue weighted by Crippen LogP contribution is -2.58. The van der Waals surface area contributed by atoms with E-state index in [0.717, 1.165) is 31.7 Å². The van der Waals surface area contributed by atoms with Crippen LogP contribution in [0.3, 0.4) is 0 Å². The summed E-state index contributed by atoms with van der Waals surface area (Å²) in [7, 11) is 2.22. The van der Waals surface area contributed by atoms with E-state index in [0.29, 0.717) is 5.96 Å². The second-order valence-electron chi connectivity index (χ2n) is 7.96. The third kappa shape index (κ3) is 4.77. The van der Waals surface area contributed by atoms with E-state index in [1.54, 1.807) is 0 Å². The topological polar surface area (TPSA) is 56.9 Å². The first-order chi connectivity index (χ1) is 12.6. The van der Waals surface area contributed by atoms with Gasteiger partial charge in [-0.05, 0) is 83.0 Å². The van der Waals surface area contributed by atoms with E-state index in [4.69, 9.17) is 10.7 Å². The van der Waals surface area contributed by atoms with Crippen molar-refractivity contribution in [3.05, 3.63) is 29.8 Å². The average molecular weight is 358 g/mol. The predicted molar refractivity (Wildman–Crippen MR) is 111 cm³/mol. The van der Waals surface area contributed by atoms with E-state index in [9.17, 15) is 0 Å². The second-order valence-corrected chi connectivity index (χ2v) is 7.96. The molecule has 2 aliphatic rings. The summed E-state index contributed by atoms with van der Waals surface area (Å²) in [6.45, 7) is 7.69. The van der Waals surface area contributed by atoms with Gasteiger partial charge < -0.3 is 16.0 Å². The number of nitrogens with two attached hydrogens (primary N) is 1. The third-order valence-electron chi connectivity index (χ3n) is 6.10. The van der Waals surface area contributed by atoms with Gasteiger partial charge in [0.05, 0.1) is 6.54 Å². The average Bonchev–Trinajstić information content (AvgIpc) is 2.69. The van der Waals surface area contributed by atoms with Gasteiger partial charge in [-0.25, -0.2) is 0 Å². The first kappa shape index (κ1) is 19.2. The standard InChI is InChI=1S/C21H35N5/c1-3-18-8-7-9-19(16-18)24-20(22)23-17-21(10-14-25(2)15-11-21)26-12-5-4-6-13-26/h7-9,16H,3-6,10-15,17H2,1-2H3,(H3,22,23,24). The van der Waals surface area contributed by atoms with E-state index >= 15 is 0 Å². The van der Waals surface area contributed by atoms with Crippen LogP contribution in [-0.2, 0) is 6.42 Å². The monoisotopic (exact) mass is 357 g/mol. The van der Waals surface area contributed by atoms with Crippen molar-refractivity contribution in [2.45, 2.75) is 51.0 Å². The summed E-state index contributed by atoms with van der Waals surface area (Å²) >= 11 is 0. The zero-order valence-electron chi connectivity index (χ0n) is 16.5. The second kappa shape index (κ2) is 8.87. The van der Waals surface area contributed by atoms with Crippen LogP contribution in [-0.4, -0.2) is 61.1 Å². The molecule has 2 heterocycles. The molecule has 3 N–H and O–H groups in total. The molecule has 0 amide bonds. The summed E-state index contributed by atoms with van der Waals surface area (Å²) in [5, 5.41) is 3.28. The maximum atomic E-state index is 6.24. The number of benzene rings is 1. The first-order valence-corrected chi connectivity index (χ1v) is 10.2. The van der Waals surface area contributed by atoms with E-state index in [2.05, 4.69) is 53.4 Å². The molecule has 5 nitrogen and oxygen atoms in total. The van der Waals surface area contributed by atoms with Crippen LogP contribution in [0.4, 0.5) is 5.69 Å². The fraction of sp³-hybridized carbons (Fsp3) is 0.667. The highest BCUT2D eigenvalue weighted by Gasteiger charge is 2.39. The van der Waals surface area contributed by atoms with Crippen molar-refractivity contribution in [2.75, 3.05) is 45.1 Å². The molecule has 0 saturated carbocycles. The first-order valence-electron chi connectivity index (χ1n) is 10.2. The van der Waals surface area contributed by atoms with Crippen LogP contribution in [0.1, 0.15) is 44.6 Å². The molecule has 1 aromatic rings. The molecule has 144 valence electrons. The molecule has 3 rings (SSSR count). The van der Waals surface area contributed by atoms with E-state index in [1.807, 2.05) is 0 Å². The lowest BCUT2D eigenvalue weighted by Gasteiger charge is -2.49. The highest BCUT2D eigenvalue weighted by molar-refractivity contribution is 5.92. The molecule has 1 aromatic carbocycles. The lowest BCUT2D eigenvalue weighted by atomic mass is 9.84. The zero-order chi connectivity index (χ0) is 18.4. The fourth-order valence-corrected chi connectivity index (χ4v) is 4.27. The number of hydrogen-bond acceptors (Lipinski definition) is 3. The maximum Gasteiger partial charge on any atom is 0.193 e. The van der Waals surface area contributed by atoms with Gasteiger partial charge in [0.15, 0.2) is 5.96 Å². The number of nitrogens with one attached hydrogen (secondary N) is 1. The SMILES string of the molecule is CCc1cccc(NC(N)=NCC2(N3CCCCC3)CCN(C)CC2)c1. The normalized spacial score (nSPS) is 22.3. The Hall–Kier alpha value is -1.59.